The lowest BCUT2D eigenvalue weighted by Gasteiger charge is -2.23. The van der Waals surface area contributed by atoms with Crippen LogP contribution in [0.1, 0.15) is 66.2 Å². The molecule has 0 rings (SSSR count). The Morgan fingerprint density at radius 3 is 2.20 bits per heavy atom. The van der Waals surface area contributed by atoms with Gasteiger partial charge in [0.05, 0.1) is 0 Å². The second-order valence-electron chi connectivity index (χ2n) is 5.15. The topological polar surface area (TPSA) is 38.0 Å². The number of hydrazine groups is 1. The van der Waals surface area contributed by atoms with Gasteiger partial charge in [0.1, 0.15) is 0 Å². The van der Waals surface area contributed by atoms with Crippen LogP contribution in [0.2, 0.25) is 0 Å². The zero-order valence-corrected chi connectivity index (χ0v) is 11.1. The maximum atomic E-state index is 5.60. The predicted octanol–water partition coefficient (Wildman–Crippen LogP) is 3.47. The minimum Gasteiger partial charge on any atom is -0.271 e. The van der Waals surface area contributed by atoms with Gasteiger partial charge in [0.25, 0.3) is 0 Å². The number of unbranched alkanes of at least 4 members (excludes halogenated alkanes) is 1. The van der Waals surface area contributed by atoms with E-state index in [4.69, 9.17) is 5.84 Å². The zero-order valence-electron chi connectivity index (χ0n) is 11.1. The average molecular weight is 214 g/mol. The molecule has 0 aromatic carbocycles. The van der Waals surface area contributed by atoms with Gasteiger partial charge in [0, 0.05) is 6.04 Å². The van der Waals surface area contributed by atoms with Gasteiger partial charge in [-0.15, -0.1) is 0 Å². The lowest BCUT2D eigenvalue weighted by molar-refractivity contribution is 0.318. The quantitative estimate of drug-likeness (QED) is 0.455. The Morgan fingerprint density at radius 1 is 1.13 bits per heavy atom. The van der Waals surface area contributed by atoms with E-state index in [1.807, 2.05) is 0 Å². The minimum absolute atomic E-state index is 0.506. The maximum absolute atomic E-state index is 5.60. The molecular weight excluding hydrogens is 184 g/mol. The predicted molar refractivity (Wildman–Crippen MR) is 68.5 cm³/mol. The molecule has 2 atom stereocenters. The van der Waals surface area contributed by atoms with Crippen LogP contribution < -0.4 is 11.3 Å². The highest BCUT2D eigenvalue weighted by Crippen LogP contribution is 2.21. The highest BCUT2D eigenvalue weighted by Gasteiger charge is 2.14. The van der Waals surface area contributed by atoms with Gasteiger partial charge < -0.3 is 0 Å². The van der Waals surface area contributed by atoms with Crippen LogP contribution in [0.25, 0.3) is 0 Å². The Morgan fingerprint density at radius 2 is 1.80 bits per heavy atom. The van der Waals surface area contributed by atoms with Crippen LogP contribution in [-0.2, 0) is 0 Å². The largest absolute Gasteiger partial charge is 0.271 e. The standard InChI is InChI=1S/C13H30N2/c1-5-7-8-12(6-2)10-13(15-14)9-11(3)4/h11-13,15H,5-10,14H2,1-4H3. The Kier molecular flexibility index (Phi) is 9.12. The van der Waals surface area contributed by atoms with Gasteiger partial charge in [-0.1, -0.05) is 53.4 Å². The Bertz CT molecular complexity index is 134. The first kappa shape index (κ1) is 14.9. The SMILES string of the molecule is CCCCC(CC)CC(CC(C)C)NN. The molecular formula is C13H30N2. The fourth-order valence-corrected chi connectivity index (χ4v) is 2.19. The van der Waals surface area contributed by atoms with Crippen LogP contribution in [0, 0.1) is 11.8 Å². The van der Waals surface area contributed by atoms with Crippen LogP contribution in [0.5, 0.6) is 0 Å². The van der Waals surface area contributed by atoms with Crippen molar-refractivity contribution >= 4 is 0 Å². The number of rotatable bonds is 9. The van der Waals surface area contributed by atoms with E-state index in [0.29, 0.717) is 6.04 Å². The molecule has 0 spiro atoms. The van der Waals surface area contributed by atoms with Gasteiger partial charge in [0.15, 0.2) is 0 Å². The summed E-state index contributed by atoms with van der Waals surface area (Å²) in [6, 6.07) is 0.506. The summed E-state index contributed by atoms with van der Waals surface area (Å²) in [5, 5.41) is 0. The number of hydrogen-bond donors (Lipinski definition) is 2. The van der Waals surface area contributed by atoms with Crippen LogP contribution in [-0.4, -0.2) is 6.04 Å². The molecule has 0 aromatic heterocycles. The van der Waals surface area contributed by atoms with E-state index in [0.717, 1.165) is 11.8 Å². The third-order valence-electron chi connectivity index (χ3n) is 3.15. The first-order valence-corrected chi connectivity index (χ1v) is 6.60. The molecule has 2 heteroatoms. The van der Waals surface area contributed by atoms with Crippen LogP contribution in [0.4, 0.5) is 0 Å². The second-order valence-corrected chi connectivity index (χ2v) is 5.15. The normalized spacial score (nSPS) is 15.6. The summed E-state index contributed by atoms with van der Waals surface area (Å²) in [7, 11) is 0. The molecule has 2 nitrogen and oxygen atoms in total. The summed E-state index contributed by atoms with van der Waals surface area (Å²) in [5.74, 6) is 7.19. The molecule has 3 N–H and O–H groups in total. The molecule has 0 amide bonds. The Labute approximate surface area is 96.0 Å². The summed E-state index contributed by atoms with van der Waals surface area (Å²) in [5.41, 5.74) is 2.97. The monoisotopic (exact) mass is 214 g/mol. The summed E-state index contributed by atoms with van der Waals surface area (Å²) >= 11 is 0. The van der Waals surface area contributed by atoms with Crippen molar-refractivity contribution in [2.45, 2.75) is 72.3 Å². The number of nitrogens with two attached hydrogens (primary N) is 1. The van der Waals surface area contributed by atoms with Crippen molar-refractivity contribution < 1.29 is 0 Å². The summed E-state index contributed by atoms with van der Waals surface area (Å²) in [4.78, 5) is 0. The van der Waals surface area contributed by atoms with E-state index < -0.39 is 0 Å². The molecule has 0 aliphatic carbocycles. The molecule has 2 unspecified atom stereocenters. The van der Waals surface area contributed by atoms with Gasteiger partial charge in [-0.2, -0.15) is 0 Å². The zero-order chi connectivity index (χ0) is 11.7. The average Bonchev–Trinajstić information content (AvgIpc) is 2.21. The van der Waals surface area contributed by atoms with Crippen molar-refractivity contribution in [3.8, 4) is 0 Å². The van der Waals surface area contributed by atoms with Crippen molar-refractivity contribution in [3.05, 3.63) is 0 Å². The van der Waals surface area contributed by atoms with Crippen LogP contribution in [0.15, 0.2) is 0 Å². The summed E-state index contributed by atoms with van der Waals surface area (Å²) in [6.45, 7) is 9.08. The smallest absolute Gasteiger partial charge is 0.0215 e. The van der Waals surface area contributed by atoms with E-state index in [9.17, 15) is 0 Å². The van der Waals surface area contributed by atoms with Gasteiger partial charge in [-0.25, -0.2) is 0 Å². The second kappa shape index (κ2) is 9.17. The molecule has 0 fully saturated rings. The Balaban J connectivity index is 3.88. The van der Waals surface area contributed by atoms with E-state index in [1.165, 1.54) is 38.5 Å². The molecule has 0 saturated carbocycles. The van der Waals surface area contributed by atoms with Crippen molar-refractivity contribution in [1.29, 1.82) is 0 Å². The van der Waals surface area contributed by atoms with Crippen LogP contribution >= 0.6 is 0 Å². The van der Waals surface area contributed by atoms with E-state index >= 15 is 0 Å². The highest BCUT2D eigenvalue weighted by molar-refractivity contribution is 4.70. The minimum atomic E-state index is 0.506. The van der Waals surface area contributed by atoms with E-state index in [-0.39, 0.29) is 0 Å². The van der Waals surface area contributed by atoms with Gasteiger partial charge in [0.2, 0.25) is 0 Å². The fourth-order valence-electron chi connectivity index (χ4n) is 2.19. The molecule has 0 bridgehead atoms. The molecule has 0 aromatic rings. The third kappa shape index (κ3) is 7.80. The maximum Gasteiger partial charge on any atom is 0.0215 e. The molecule has 0 radical (unpaired) electrons. The molecule has 0 saturated heterocycles. The lowest BCUT2D eigenvalue weighted by atomic mass is 9.89. The highest BCUT2D eigenvalue weighted by atomic mass is 15.2. The third-order valence-corrected chi connectivity index (χ3v) is 3.15. The van der Waals surface area contributed by atoms with E-state index in [2.05, 4.69) is 33.1 Å². The fraction of sp³-hybridized carbons (Fsp3) is 1.00. The molecule has 0 heterocycles. The van der Waals surface area contributed by atoms with Crippen molar-refractivity contribution in [2.75, 3.05) is 0 Å². The van der Waals surface area contributed by atoms with E-state index in [1.54, 1.807) is 0 Å². The van der Waals surface area contributed by atoms with Crippen molar-refractivity contribution in [1.82, 2.24) is 5.43 Å². The number of hydrogen-bond acceptors (Lipinski definition) is 2. The van der Waals surface area contributed by atoms with Gasteiger partial charge in [-0.05, 0) is 24.7 Å². The lowest BCUT2D eigenvalue weighted by Crippen LogP contribution is -2.37. The summed E-state index contributed by atoms with van der Waals surface area (Å²) in [6.07, 6.45) is 7.75. The summed E-state index contributed by atoms with van der Waals surface area (Å²) < 4.78 is 0. The molecule has 0 aliphatic heterocycles. The number of nitrogens with one attached hydrogen (secondary N) is 1. The van der Waals surface area contributed by atoms with Crippen molar-refractivity contribution in [3.63, 3.8) is 0 Å². The first-order chi connectivity index (χ1) is 7.13. The molecule has 0 aliphatic rings. The van der Waals surface area contributed by atoms with Crippen molar-refractivity contribution in [2.24, 2.45) is 17.7 Å². The van der Waals surface area contributed by atoms with Crippen LogP contribution in [0.3, 0.4) is 0 Å². The molecule has 92 valence electrons. The first-order valence-electron chi connectivity index (χ1n) is 6.60. The van der Waals surface area contributed by atoms with Gasteiger partial charge in [-0.3, -0.25) is 11.3 Å². The van der Waals surface area contributed by atoms with Gasteiger partial charge >= 0.3 is 0 Å². The Hall–Kier alpha value is -0.0800. The molecule has 15 heavy (non-hydrogen) atoms.